The average molecular weight is 531 g/mol. The molecule has 0 radical (unpaired) electrons. The van der Waals surface area contributed by atoms with Crippen molar-refractivity contribution in [3.63, 3.8) is 0 Å². The van der Waals surface area contributed by atoms with Gasteiger partial charge in [0.1, 0.15) is 11.6 Å². The summed E-state index contributed by atoms with van der Waals surface area (Å²) in [7, 11) is 3.00. The summed E-state index contributed by atoms with van der Waals surface area (Å²) in [5, 5.41) is 0.960. The minimum absolute atomic E-state index is 0.0211. The van der Waals surface area contributed by atoms with Gasteiger partial charge in [0.05, 0.1) is 13.1 Å². The molecule has 0 aliphatic carbocycles. The van der Waals surface area contributed by atoms with Crippen LogP contribution in [0.15, 0.2) is 52.1 Å². The van der Waals surface area contributed by atoms with Gasteiger partial charge in [0.2, 0.25) is 0 Å². The fourth-order valence-electron chi connectivity index (χ4n) is 4.66. The molecule has 8 nitrogen and oxygen atoms in total. The zero-order valence-electron chi connectivity index (χ0n) is 19.9. The second kappa shape index (κ2) is 9.72. The van der Waals surface area contributed by atoms with Crippen LogP contribution >= 0.6 is 23.2 Å². The third-order valence-electron chi connectivity index (χ3n) is 6.72. The Morgan fingerprint density at radius 1 is 0.944 bits per heavy atom. The summed E-state index contributed by atoms with van der Waals surface area (Å²) in [6.07, 6.45) is 0. The van der Waals surface area contributed by atoms with E-state index in [1.807, 2.05) is 24.3 Å². The third kappa shape index (κ3) is 4.42. The van der Waals surface area contributed by atoms with Crippen LogP contribution in [0.1, 0.15) is 11.4 Å². The van der Waals surface area contributed by atoms with Crippen LogP contribution in [-0.2, 0) is 27.2 Å². The van der Waals surface area contributed by atoms with Gasteiger partial charge in [0, 0.05) is 61.6 Å². The van der Waals surface area contributed by atoms with Crippen LogP contribution in [0.5, 0.6) is 0 Å². The molecular weight excluding hydrogens is 506 g/mol. The minimum Gasteiger partial charge on any atom is -0.369 e. The van der Waals surface area contributed by atoms with Crippen LogP contribution in [0.25, 0.3) is 11.2 Å². The molecule has 11 heteroatoms. The Hall–Kier alpha value is -3.14. The van der Waals surface area contributed by atoms with Gasteiger partial charge in [0.25, 0.3) is 5.56 Å². The molecule has 3 heterocycles. The van der Waals surface area contributed by atoms with E-state index in [4.69, 9.17) is 23.2 Å². The number of halogens is 3. The molecule has 1 fully saturated rings. The van der Waals surface area contributed by atoms with Crippen molar-refractivity contribution in [2.24, 2.45) is 14.1 Å². The number of aromatic nitrogens is 4. The summed E-state index contributed by atoms with van der Waals surface area (Å²) >= 11 is 12.5. The maximum absolute atomic E-state index is 14.7. The maximum atomic E-state index is 14.7. The second-order valence-corrected chi connectivity index (χ2v) is 9.78. The Balaban J connectivity index is 1.50. The van der Waals surface area contributed by atoms with Crippen molar-refractivity contribution in [1.29, 1.82) is 0 Å². The molecule has 5 rings (SSSR count). The molecule has 0 atom stereocenters. The molecule has 4 aromatic rings. The zero-order valence-corrected chi connectivity index (χ0v) is 21.4. The highest BCUT2D eigenvalue weighted by molar-refractivity contribution is 6.31. The Kier molecular flexibility index (Phi) is 6.63. The topological polar surface area (TPSA) is 68.3 Å². The Morgan fingerprint density at radius 2 is 1.67 bits per heavy atom. The predicted octanol–water partition coefficient (Wildman–Crippen LogP) is 3.25. The predicted molar refractivity (Wildman–Crippen MR) is 140 cm³/mol. The molecule has 0 amide bonds. The highest BCUT2D eigenvalue weighted by atomic mass is 35.5. The SMILES string of the molecule is Cn1c(=O)c2c(nc(CN3CCN(c4cccc(Cl)c4)CC3)n2Cc2c(F)cccc2Cl)n(C)c1=O. The molecule has 0 spiro atoms. The Bertz CT molecular complexity index is 1550. The van der Waals surface area contributed by atoms with Gasteiger partial charge in [-0.1, -0.05) is 35.3 Å². The quantitative estimate of drug-likeness (QED) is 0.396. The average Bonchev–Trinajstić information content (AvgIpc) is 3.22. The van der Waals surface area contributed by atoms with E-state index >= 15 is 0 Å². The first-order valence-electron chi connectivity index (χ1n) is 11.6. The third-order valence-corrected chi connectivity index (χ3v) is 7.30. The molecule has 1 aliphatic rings. The lowest BCUT2D eigenvalue weighted by atomic mass is 10.2. The number of imidazole rings is 1. The van der Waals surface area contributed by atoms with Gasteiger partial charge in [-0.05, 0) is 30.3 Å². The van der Waals surface area contributed by atoms with E-state index in [-0.39, 0.29) is 28.3 Å². The van der Waals surface area contributed by atoms with Gasteiger partial charge in [-0.2, -0.15) is 0 Å². The molecular formula is C25H25Cl2FN6O2. The number of fused-ring (bicyclic) bond motifs is 1. The first-order valence-corrected chi connectivity index (χ1v) is 12.3. The fourth-order valence-corrected chi connectivity index (χ4v) is 5.07. The number of hydrogen-bond donors (Lipinski definition) is 0. The molecule has 0 unspecified atom stereocenters. The molecule has 0 saturated carbocycles. The van der Waals surface area contributed by atoms with Gasteiger partial charge < -0.3 is 9.47 Å². The normalized spacial score (nSPS) is 14.6. The van der Waals surface area contributed by atoms with Crippen molar-refractivity contribution in [2.75, 3.05) is 31.1 Å². The highest BCUT2D eigenvalue weighted by Crippen LogP contribution is 2.24. The Labute approximate surface area is 216 Å². The smallest absolute Gasteiger partial charge is 0.332 e. The van der Waals surface area contributed by atoms with Crippen LogP contribution in [0, 0.1) is 5.82 Å². The summed E-state index contributed by atoms with van der Waals surface area (Å²) < 4.78 is 18.8. The van der Waals surface area contributed by atoms with Crippen molar-refractivity contribution in [3.05, 3.63) is 90.6 Å². The molecule has 0 N–H and O–H groups in total. The van der Waals surface area contributed by atoms with Crippen LogP contribution < -0.4 is 16.1 Å². The molecule has 36 heavy (non-hydrogen) atoms. The van der Waals surface area contributed by atoms with E-state index in [9.17, 15) is 14.0 Å². The van der Waals surface area contributed by atoms with Crippen LogP contribution in [0.2, 0.25) is 10.0 Å². The van der Waals surface area contributed by atoms with E-state index in [1.165, 1.54) is 23.7 Å². The molecule has 0 bridgehead atoms. The van der Waals surface area contributed by atoms with Gasteiger partial charge in [0.15, 0.2) is 11.2 Å². The number of benzene rings is 2. The number of hydrogen-bond acceptors (Lipinski definition) is 5. The van der Waals surface area contributed by atoms with Gasteiger partial charge in [-0.3, -0.25) is 18.8 Å². The number of piperazine rings is 1. The van der Waals surface area contributed by atoms with E-state index in [1.54, 1.807) is 17.7 Å². The summed E-state index contributed by atoms with van der Waals surface area (Å²) in [5.74, 6) is 0.103. The van der Waals surface area contributed by atoms with Crippen LogP contribution in [0.4, 0.5) is 10.1 Å². The lowest BCUT2D eigenvalue weighted by molar-refractivity contribution is 0.241. The van der Waals surface area contributed by atoms with Crippen LogP contribution in [0.3, 0.4) is 0 Å². The van der Waals surface area contributed by atoms with E-state index in [2.05, 4.69) is 14.8 Å². The van der Waals surface area contributed by atoms with Crippen molar-refractivity contribution in [2.45, 2.75) is 13.1 Å². The monoisotopic (exact) mass is 530 g/mol. The summed E-state index contributed by atoms with van der Waals surface area (Å²) in [5.41, 5.74) is 0.894. The van der Waals surface area contributed by atoms with Crippen molar-refractivity contribution in [3.8, 4) is 0 Å². The Morgan fingerprint density at radius 3 is 2.36 bits per heavy atom. The van der Waals surface area contributed by atoms with Gasteiger partial charge in [-0.25, -0.2) is 14.2 Å². The molecule has 2 aromatic heterocycles. The largest absolute Gasteiger partial charge is 0.369 e. The first kappa shape index (κ1) is 24.5. The zero-order chi connectivity index (χ0) is 25.6. The van der Waals surface area contributed by atoms with E-state index < -0.39 is 17.1 Å². The molecule has 1 saturated heterocycles. The molecule has 188 valence electrons. The second-order valence-electron chi connectivity index (χ2n) is 8.94. The number of nitrogens with zero attached hydrogens (tertiary/aromatic N) is 6. The fraction of sp³-hybridized carbons (Fsp3) is 0.320. The van der Waals surface area contributed by atoms with E-state index in [0.717, 1.165) is 36.4 Å². The first-order chi connectivity index (χ1) is 17.2. The standard InChI is InChI=1S/C25H25Cl2FN6O2/c1-30-23-22(24(35)31(2)25(30)36)34(14-18-19(27)7-4-8-20(18)28)21(29-23)15-32-9-11-33(12-10-32)17-6-3-5-16(26)13-17/h3-8,13H,9-12,14-15H2,1-2H3. The molecule has 1 aliphatic heterocycles. The number of aryl methyl sites for hydroxylation is 1. The molecule has 2 aromatic carbocycles. The van der Waals surface area contributed by atoms with E-state index in [0.29, 0.717) is 17.4 Å². The van der Waals surface area contributed by atoms with Crippen molar-refractivity contribution >= 4 is 40.1 Å². The van der Waals surface area contributed by atoms with Crippen molar-refractivity contribution in [1.82, 2.24) is 23.6 Å². The number of rotatable bonds is 5. The van der Waals surface area contributed by atoms with Crippen molar-refractivity contribution < 1.29 is 4.39 Å². The van der Waals surface area contributed by atoms with Gasteiger partial charge >= 0.3 is 5.69 Å². The summed E-state index contributed by atoms with van der Waals surface area (Å²) in [6, 6.07) is 12.3. The summed E-state index contributed by atoms with van der Waals surface area (Å²) in [4.78, 5) is 34.9. The number of anilines is 1. The lowest BCUT2D eigenvalue weighted by Gasteiger charge is -2.36. The summed E-state index contributed by atoms with van der Waals surface area (Å²) in [6.45, 7) is 3.55. The lowest BCUT2D eigenvalue weighted by Crippen LogP contribution is -2.46. The minimum atomic E-state index is -0.481. The maximum Gasteiger partial charge on any atom is 0.332 e. The van der Waals surface area contributed by atoms with Crippen LogP contribution in [-0.4, -0.2) is 49.8 Å². The highest BCUT2D eigenvalue weighted by Gasteiger charge is 2.24. The van der Waals surface area contributed by atoms with Gasteiger partial charge in [-0.15, -0.1) is 0 Å².